The highest BCUT2D eigenvalue weighted by molar-refractivity contribution is 6.10. The van der Waals surface area contributed by atoms with Gasteiger partial charge in [0.05, 0.1) is 23.6 Å². The first kappa shape index (κ1) is 16.6. The van der Waals surface area contributed by atoms with Crippen LogP contribution in [0.5, 0.6) is 0 Å². The van der Waals surface area contributed by atoms with Gasteiger partial charge in [0.25, 0.3) is 5.91 Å². The molecule has 3 aliphatic heterocycles. The molecule has 2 fully saturated rings. The number of nitrogens with one attached hydrogen (secondary N) is 2. The number of hydrogen-bond acceptors (Lipinski definition) is 4. The molecule has 26 heavy (non-hydrogen) atoms. The lowest BCUT2D eigenvalue weighted by molar-refractivity contribution is -0.143. The van der Waals surface area contributed by atoms with Crippen LogP contribution in [0.15, 0.2) is 24.3 Å². The van der Waals surface area contributed by atoms with E-state index in [0.29, 0.717) is 24.1 Å². The number of rotatable bonds is 3. The van der Waals surface area contributed by atoms with Gasteiger partial charge >= 0.3 is 5.97 Å². The zero-order chi connectivity index (χ0) is 18.4. The van der Waals surface area contributed by atoms with E-state index in [2.05, 4.69) is 10.6 Å². The van der Waals surface area contributed by atoms with Crippen LogP contribution in [-0.2, 0) is 14.4 Å². The van der Waals surface area contributed by atoms with Crippen molar-refractivity contribution in [2.24, 2.45) is 5.92 Å². The minimum Gasteiger partial charge on any atom is -0.481 e. The van der Waals surface area contributed by atoms with Gasteiger partial charge in [0, 0.05) is 12.1 Å². The summed E-state index contributed by atoms with van der Waals surface area (Å²) in [5.41, 5.74) is 0.764. The van der Waals surface area contributed by atoms with E-state index in [1.807, 2.05) is 0 Å². The summed E-state index contributed by atoms with van der Waals surface area (Å²) in [6.07, 6.45) is 1.74. The molecule has 2 bridgehead atoms. The molecule has 3 unspecified atom stereocenters. The molecule has 3 amide bonds. The second-order valence-electron chi connectivity index (χ2n) is 7.04. The summed E-state index contributed by atoms with van der Waals surface area (Å²) in [5.74, 6) is -2.57. The number of aliphatic carboxylic acids is 1. The minimum atomic E-state index is -0.981. The van der Waals surface area contributed by atoms with E-state index >= 15 is 0 Å². The molecule has 4 rings (SSSR count). The largest absolute Gasteiger partial charge is 0.481 e. The minimum absolute atomic E-state index is 0.0876. The lowest BCUT2D eigenvalue weighted by Gasteiger charge is -2.25. The fourth-order valence-electron chi connectivity index (χ4n) is 4.38. The van der Waals surface area contributed by atoms with Crippen molar-refractivity contribution in [3.05, 3.63) is 29.8 Å². The van der Waals surface area contributed by atoms with Gasteiger partial charge in [0.2, 0.25) is 11.8 Å². The van der Waals surface area contributed by atoms with Crippen LogP contribution in [0.4, 0.5) is 5.69 Å². The molecule has 0 saturated carbocycles. The average molecular weight is 357 g/mol. The van der Waals surface area contributed by atoms with Crippen molar-refractivity contribution in [3.8, 4) is 0 Å². The third-order valence-electron chi connectivity index (χ3n) is 5.57. The van der Waals surface area contributed by atoms with E-state index in [0.717, 1.165) is 6.42 Å². The Bertz CT molecular complexity index is 808. The SMILES string of the molecule is O=C1N[C@@H](CC(=O)N2C3CCC2C(C(=O)O)C3)C(=O)Nc2ccccc21. The monoisotopic (exact) mass is 357 g/mol. The summed E-state index contributed by atoms with van der Waals surface area (Å²) in [4.78, 5) is 50.5. The number of carboxylic acids is 1. The molecule has 0 spiro atoms. The van der Waals surface area contributed by atoms with E-state index in [9.17, 15) is 24.3 Å². The predicted octanol–water partition coefficient (Wildman–Crippen LogP) is 0.591. The normalized spacial score (nSPS) is 29.6. The van der Waals surface area contributed by atoms with Crippen LogP contribution in [0.25, 0.3) is 0 Å². The summed E-state index contributed by atoms with van der Waals surface area (Å²) < 4.78 is 0. The summed E-state index contributed by atoms with van der Waals surface area (Å²) in [6, 6.07) is 5.27. The van der Waals surface area contributed by atoms with Crippen LogP contribution >= 0.6 is 0 Å². The van der Waals surface area contributed by atoms with Crippen molar-refractivity contribution in [2.75, 3.05) is 5.32 Å². The van der Waals surface area contributed by atoms with E-state index in [-0.39, 0.29) is 24.4 Å². The van der Waals surface area contributed by atoms with E-state index in [1.54, 1.807) is 29.2 Å². The summed E-state index contributed by atoms with van der Waals surface area (Å²) in [7, 11) is 0. The molecule has 3 N–H and O–H groups in total. The van der Waals surface area contributed by atoms with Crippen LogP contribution < -0.4 is 10.6 Å². The van der Waals surface area contributed by atoms with Crippen LogP contribution in [-0.4, -0.2) is 51.8 Å². The van der Waals surface area contributed by atoms with Crippen molar-refractivity contribution in [1.82, 2.24) is 10.2 Å². The maximum Gasteiger partial charge on any atom is 0.308 e. The highest BCUT2D eigenvalue weighted by Gasteiger charge is 2.51. The molecule has 2 saturated heterocycles. The van der Waals surface area contributed by atoms with Gasteiger partial charge in [-0.15, -0.1) is 0 Å². The molecule has 1 aromatic rings. The molecule has 1 aromatic carbocycles. The number of amides is 3. The molecule has 0 aliphatic carbocycles. The first-order chi connectivity index (χ1) is 12.5. The highest BCUT2D eigenvalue weighted by Crippen LogP contribution is 2.42. The summed E-state index contributed by atoms with van der Waals surface area (Å²) in [6.45, 7) is 0. The Morgan fingerprint density at radius 1 is 1.19 bits per heavy atom. The number of benzene rings is 1. The Morgan fingerprint density at radius 3 is 2.69 bits per heavy atom. The first-order valence-electron chi connectivity index (χ1n) is 8.70. The third-order valence-corrected chi connectivity index (χ3v) is 5.57. The second kappa shape index (κ2) is 6.12. The Kier molecular flexibility index (Phi) is 3.90. The fraction of sp³-hybridized carbons (Fsp3) is 0.444. The van der Waals surface area contributed by atoms with Crippen LogP contribution in [0.2, 0.25) is 0 Å². The van der Waals surface area contributed by atoms with Gasteiger partial charge in [0.15, 0.2) is 0 Å². The second-order valence-corrected chi connectivity index (χ2v) is 7.04. The van der Waals surface area contributed by atoms with Gasteiger partial charge in [-0.3, -0.25) is 19.2 Å². The topological polar surface area (TPSA) is 116 Å². The van der Waals surface area contributed by atoms with Gasteiger partial charge in [-0.25, -0.2) is 0 Å². The van der Waals surface area contributed by atoms with E-state index in [1.165, 1.54) is 0 Å². The standard InChI is InChI=1S/C18H19N3O5/c22-15(21-9-5-6-14(21)11(7-9)18(25)26)8-13-17(24)19-12-4-2-1-3-10(12)16(23)20-13/h1-4,9,11,13-14H,5-8H2,(H,19,24)(H,20,23)(H,25,26)/t9?,11?,13-,14?/m0/s1. The number of carbonyl (C=O) groups excluding carboxylic acids is 3. The Balaban J connectivity index is 1.50. The van der Waals surface area contributed by atoms with Gasteiger partial charge in [-0.05, 0) is 31.4 Å². The van der Waals surface area contributed by atoms with Gasteiger partial charge in [0.1, 0.15) is 6.04 Å². The molecule has 8 heteroatoms. The number of carboxylic acid groups (broad SMARTS) is 1. The number of hydrogen-bond donors (Lipinski definition) is 3. The Hall–Kier alpha value is -2.90. The van der Waals surface area contributed by atoms with E-state index in [4.69, 9.17) is 0 Å². The van der Waals surface area contributed by atoms with E-state index < -0.39 is 29.7 Å². The third kappa shape index (κ3) is 2.61. The maximum absolute atomic E-state index is 12.8. The van der Waals surface area contributed by atoms with Crippen LogP contribution in [0.1, 0.15) is 36.0 Å². The first-order valence-corrected chi connectivity index (χ1v) is 8.70. The zero-order valence-electron chi connectivity index (χ0n) is 14.0. The molecular formula is C18H19N3O5. The van der Waals surface area contributed by atoms with Crippen LogP contribution in [0, 0.1) is 5.92 Å². The molecule has 4 atom stereocenters. The number of para-hydroxylation sites is 1. The number of fused-ring (bicyclic) bond motifs is 3. The molecule has 3 heterocycles. The quantitative estimate of drug-likeness (QED) is 0.732. The summed E-state index contributed by atoms with van der Waals surface area (Å²) in [5, 5.41) is 14.6. The lowest BCUT2D eigenvalue weighted by Crippen LogP contribution is -2.47. The number of anilines is 1. The Labute approximate surface area is 149 Å². The number of carbonyl (C=O) groups is 4. The van der Waals surface area contributed by atoms with Crippen molar-refractivity contribution in [2.45, 2.75) is 43.8 Å². The predicted molar refractivity (Wildman–Crippen MR) is 90.3 cm³/mol. The Morgan fingerprint density at radius 2 is 1.96 bits per heavy atom. The molecule has 0 aromatic heterocycles. The van der Waals surface area contributed by atoms with Crippen molar-refractivity contribution in [3.63, 3.8) is 0 Å². The zero-order valence-corrected chi connectivity index (χ0v) is 14.0. The molecule has 136 valence electrons. The maximum atomic E-state index is 12.8. The lowest BCUT2D eigenvalue weighted by atomic mass is 9.89. The smallest absolute Gasteiger partial charge is 0.308 e. The fourth-order valence-corrected chi connectivity index (χ4v) is 4.38. The van der Waals surface area contributed by atoms with Gasteiger partial charge in [-0.1, -0.05) is 12.1 Å². The molecule has 8 nitrogen and oxygen atoms in total. The molecule has 3 aliphatic rings. The van der Waals surface area contributed by atoms with Crippen molar-refractivity contribution >= 4 is 29.4 Å². The highest BCUT2D eigenvalue weighted by atomic mass is 16.4. The average Bonchev–Trinajstić information content (AvgIpc) is 3.16. The molecule has 0 radical (unpaired) electrons. The van der Waals surface area contributed by atoms with Crippen molar-refractivity contribution in [1.29, 1.82) is 0 Å². The van der Waals surface area contributed by atoms with Crippen LogP contribution in [0.3, 0.4) is 0 Å². The van der Waals surface area contributed by atoms with Gasteiger partial charge in [-0.2, -0.15) is 0 Å². The number of nitrogens with zero attached hydrogens (tertiary/aromatic N) is 1. The summed E-state index contributed by atoms with van der Waals surface area (Å²) >= 11 is 0. The van der Waals surface area contributed by atoms with Gasteiger partial charge < -0.3 is 20.6 Å². The van der Waals surface area contributed by atoms with Crippen molar-refractivity contribution < 1.29 is 24.3 Å². The molecular weight excluding hydrogens is 338 g/mol.